The van der Waals surface area contributed by atoms with Crippen molar-refractivity contribution in [2.45, 2.75) is 13.5 Å². The van der Waals surface area contributed by atoms with Gasteiger partial charge in [-0.05, 0) is 41.8 Å². The van der Waals surface area contributed by atoms with Gasteiger partial charge < -0.3 is 9.84 Å². The first kappa shape index (κ1) is 14.8. The minimum Gasteiger partial charge on any atom is -0.486 e. The molecule has 0 aliphatic carbocycles. The normalized spacial score (nSPS) is 10.8. The largest absolute Gasteiger partial charge is 0.486 e. The van der Waals surface area contributed by atoms with Crippen molar-refractivity contribution in [2.24, 2.45) is 0 Å². The van der Waals surface area contributed by atoms with Gasteiger partial charge in [0.05, 0.1) is 0 Å². The third kappa shape index (κ3) is 4.45. The lowest BCUT2D eigenvalue weighted by atomic mass is 10.1. The highest BCUT2D eigenvalue weighted by Gasteiger charge is 2.03. The Balaban J connectivity index is 2.00. The third-order valence-corrected chi connectivity index (χ3v) is 2.88. The van der Waals surface area contributed by atoms with Crippen LogP contribution in [0.5, 0.6) is 5.75 Å². The summed E-state index contributed by atoms with van der Waals surface area (Å²) in [5.41, 5.74) is 2.59. The number of carbonyl (C=O) groups is 1. The molecule has 1 N–H and O–H groups in total. The molecule has 2 aromatic rings. The third-order valence-electron chi connectivity index (χ3n) is 2.88. The Morgan fingerprint density at radius 2 is 1.95 bits per heavy atom. The van der Waals surface area contributed by atoms with Gasteiger partial charge in [0.2, 0.25) is 0 Å². The molecule has 0 saturated carbocycles. The molecular formula is C17H15FO3. The number of halogens is 1. The first-order valence-corrected chi connectivity index (χ1v) is 6.43. The Kier molecular flexibility index (Phi) is 4.72. The molecule has 0 bridgehead atoms. The quantitative estimate of drug-likeness (QED) is 0.850. The molecule has 3 nitrogen and oxygen atoms in total. The topological polar surface area (TPSA) is 46.5 Å². The lowest BCUT2D eigenvalue weighted by Gasteiger charge is -2.08. The molecule has 0 radical (unpaired) electrons. The number of hydrogen-bond acceptors (Lipinski definition) is 2. The molecule has 0 amide bonds. The number of ether oxygens (including phenoxy) is 1. The molecule has 0 atom stereocenters. The van der Waals surface area contributed by atoms with Gasteiger partial charge in [0.15, 0.2) is 11.6 Å². The number of rotatable bonds is 5. The lowest BCUT2D eigenvalue weighted by Crippen LogP contribution is -1.97. The molecule has 0 heterocycles. The SMILES string of the molecule is Cc1ccc(F)c(OCc2ccc(C=CC(=O)O)cc2)c1. The van der Waals surface area contributed by atoms with E-state index < -0.39 is 5.97 Å². The van der Waals surface area contributed by atoms with Crippen LogP contribution in [0.15, 0.2) is 48.5 Å². The predicted octanol–water partition coefficient (Wildman–Crippen LogP) is 3.81. The Hall–Kier alpha value is -2.62. The second-order valence-electron chi connectivity index (χ2n) is 4.64. The van der Waals surface area contributed by atoms with E-state index in [1.54, 1.807) is 24.3 Å². The zero-order chi connectivity index (χ0) is 15.2. The molecule has 0 saturated heterocycles. The Labute approximate surface area is 122 Å². The van der Waals surface area contributed by atoms with E-state index in [1.807, 2.05) is 19.1 Å². The van der Waals surface area contributed by atoms with Crippen LogP contribution in [0.25, 0.3) is 6.08 Å². The first-order chi connectivity index (χ1) is 10.0. The van der Waals surface area contributed by atoms with Gasteiger partial charge in [0.25, 0.3) is 0 Å². The van der Waals surface area contributed by atoms with Crippen LogP contribution in [0, 0.1) is 12.7 Å². The second kappa shape index (κ2) is 6.70. The standard InChI is InChI=1S/C17H15FO3/c1-12-2-8-15(18)16(10-12)21-11-14-5-3-13(4-6-14)7-9-17(19)20/h2-10H,11H2,1H3,(H,19,20). The van der Waals surface area contributed by atoms with Crippen LogP contribution < -0.4 is 4.74 Å². The fourth-order valence-electron chi connectivity index (χ4n) is 1.77. The summed E-state index contributed by atoms with van der Waals surface area (Å²) in [5, 5.41) is 8.55. The van der Waals surface area contributed by atoms with E-state index in [9.17, 15) is 9.18 Å². The Morgan fingerprint density at radius 3 is 2.62 bits per heavy atom. The van der Waals surface area contributed by atoms with Crippen LogP contribution in [-0.4, -0.2) is 11.1 Å². The molecule has 2 rings (SSSR count). The van der Waals surface area contributed by atoms with Crippen molar-refractivity contribution in [3.63, 3.8) is 0 Å². The molecule has 2 aromatic carbocycles. The molecule has 0 fully saturated rings. The fraction of sp³-hybridized carbons (Fsp3) is 0.118. The van der Waals surface area contributed by atoms with Gasteiger partial charge >= 0.3 is 5.97 Å². The average molecular weight is 286 g/mol. The summed E-state index contributed by atoms with van der Waals surface area (Å²) in [6, 6.07) is 11.9. The molecule has 21 heavy (non-hydrogen) atoms. The van der Waals surface area contributed by atoms with Crippen molar-refractivity contribution in [2.75, 3.05) is 0 Å². The first-order valence-electron chi connectivity index (χ1n) is 6.43. The zero-order valence-electron chi connectivity index (χ0n) is 11.5. The smallest absolute Gasteiger partial charge is 0.328 e. The summed E-state index contributed by atoms with van der Waals surface area (Å²) < 4.78 is 19.0. The summed E-state index contributed by atoms with van der Waals surface area (Å²) >= 11 is 0. The highest BCUT2D eigenvalue weighted by Crippen LogP contribution is 2.19. The van der Waals surface area contributed by atoms with Gasteiger partial charge in [-0.1, -0.05) is 30.3 Å². The molecular weight excluding hydrogens is 271 g/mol. The maximum Gasteiger partial charge on any atom is 0.328 e. The maximum atomic E-state index is 13.5. The van der Waals surface area contributed by atoms with Crippen molar-refractivity contribution in [3.05, 3.63) is 71.0 Å². The van der Waals surface area contributed by atoms with Crippen molar-refractivity contribution in [1.29, 1.82) is 0 Å². The van der Waals surface area contributed by atoms with Crippen LogP contribution in [-0.2, 0) is 11.4 Å². The van der Waals surface area contributed by atoms with Crippen LogP contribution in [0.3, 0.4) is 0 Å². The molecule has 0 aromatic heterocycles. The van der Waals surface area contributed by atoms with Crippen molar-refractivity contribution >= 4 is 12.0 Å². The van der Waals surface area contributed by atoms with E-state index in [1.165, 1.54) is 12.1 Å². The number of hydrogen-bond donors (Lipinski definition) is 1. The van der Waals surface area contributed by atoms with E-state index in [0.29, 0.717) is 0 Å². The molecule has 0 unspecified atom stereocenters. The Bertz CT molecular complexity index is 660. The fourth-order valence-corrected chi connectivity index (χ4v) is 1.77. The van der Waals surface area contributed by atoms with E-state index >= 15 is 0 Å². The van der Waals surface area contributed by atoms with Gasteiger partial charge in [-0.3, -0.25) is 0 Å². The minimum atomic E-state index is -0.989. The van der Waals surface area contributed by atoms with Gasteiger partial charge in [-0.2, -0.15) is 0 Å². The summed E-state index contributed by atoms with van der Waals surface area (Å²) in [6.45, 7) is 2.12. The van der Waals surface area contributed by atoms with Crippen molar-refractivity contribution in [1.82, 2.24) is 0 Å². The van der Waals surface area contributed by atoms with Gasteiger partial charge in [-0.25, -0.2) is 9.18 Å². The summed E-state index contributed by atoms with van der Waals surface area (Å²) in [7, 11) is 0. The monoisotopic (exact) mass is 286 g/mol. The molecule has 0 aliphatic rings. The highest BCUT2D eigenvalue weighted by atomic mass is 19.1. The van der Waals surface area contributed by atoms with E-state index in [0.717, 1.165) is 22.8 Å². The maximum absolute atomic E-state index is 13.5. The molecule has 108 valence electrons. The van der Waals surface area contributed by atoms with Gasteiger partial charge in [0, 0.05) is 6.08 Å². The Morgan fingerprint density at radius 1 is 1.24 bits per heavy atom. The zero-order valence-corrected chi connectivity index (χ0v) is 11.5. The van der Waals surface area contributed by atoms with E-state index in [4.69, 9.17) is 9.84 Å². The van der Waals surface area contributed by atoms with E-state index in [-0.39, 0.29) is 18.2 Å². The lowest BCUT2D eigenvalue weighted by molar-refractivity contribution is -0.131. The van der Waals surface area contributed by atoms with Crippen molar-refractivity contribution in [3.8, 4) is 5.75 Å². The summed E-state index contributed by atoms with van der Waals surface area (Å²) in [4.78, 5) is 10.4. The average Bonchev–Trinajstić information content (AvgIpc) is 2.47. The molecule has 0 spiro atoms. The van der Waals surface area contributed by atoms with Crippen molar-refractivity contribution < 1.29 is 19.0 Å². The number of carboxylic acid groups (broad SMARTS) is 1. The van der Waals surface area contributed by atoms with Crippen LogP contribution >= 0.6 is 0 Å². The summed E-state index contributed by atoms with van der Waals surface area (Å²) in [6.07, 6.45) is 2.58. The van der Waals surface area contributed by atoms with Crippen LogP contribution in [0.1, 0.15) is 16.7 Å². The van der Waals surface area contributed by atoms with Gasteiger partial charge in [0.1, 0.15) is 6.61 Å². The highest BCUT2D eigenvalue weighted by molar-refractivity contribution is 5.85. The van der Waals surface area contributed by atoms with E-state index in [2.05, 4.69) is 0 Å². The van der Waals surface area contributed by atoms with Crippen LogP contribution in [0.4, 0.5) is 4.39 Å². The number of aryl methyl sites for hydroxylation is 1. The molecule has 0 aliphatic heterocycles. The number of carboxylic acids is 1. The molecule has 4 heteroatoms. The predicted molar refractivity (Wildman–Crippen MR) is 78.6 cm³/mol. The number of benzene rings is 2. The summed E-state index contributed by atoms with van der Waals surface area (Å²) in [5.74, 6) is -1.15. The number of aliphatic carboxylic acids is 1. The van der Waals surface area contributed by atoms with Gasteiger partial charge in [-0.15, -0.1) is 0 Å². The van der Waals surface area contributed by atoms with Crippen LogP contribution in [0.2, 0.25) is 0 Å². The minimum absolute atomic E-state index is 0.227. The second-order valence-corrected chi connectivity index (χ2v) is 4.64.